The maximum absolute atomic E-state index is 9.62. The van der Waals surface area contributed by atoms with Gasteiger partial charge in [-0.2, -0.15) is 0 Å². The Labute approximate surface area is 110 Å². The van der Waals surface area contributed by atoms with Gasteiger partial charge in [0.25, 0.3) is 3.79 Å². The summed E-state index contributed by atoms with van der Waals surface area (Å²) < 4.78 is 6.72. The first-order valence-corrected chi connectivity index (χ1v) is 4.73. The molecule has 0 atom stereocenters. The van der Waals surface area contributed by atoms with Crippen LogP contribution in [0.2, 0.25) is 0 Å². The summed E-state index contributed by atoms with van der Waals surface area (Å²) in [6.45, 7) is 0. The van der Waals surface area contributed by atoms with Crippen molar-refractivity contribution in [3.8, 4) is 0 Å². The van der Waals surface area contributed by atoms with E-state index in [1.54, 1.807) is 0 Å². The Bertz CT molecular complexity index is 188. The quantitative estimate of drug-likeness (QED) is 0.280. The van der Waals surface area contributed by atoms with E-state index < -0.39 is 17.6 Å². The molecule has 0 spiro atoms. The van der Waals surface area contributed by atoms with Crippen LogP contribution in [-0.4, -0.2) is 59.1 Å². The Balaban J connectivity index is -0.000000150. The van der Waals surface area contributed by atoms with Gasteiger partial charge in [-0.3, -0.25) is 0 Å². The van der Waals surface area contributed by atoms with Gasteiger partial charge in [-0.05, 0) is 0 Å². The van der Waals surface area contributed by atoms with Crippen molar-refractivity contribution in [2.45, 2.75) is 3.79 Å². The molecule has 0 unspecified atom stereocenters. The van der Waals surface area contributed by atoms with Crippen molar-refractivity contribution < 1.29 is 29.1 Å². The first kappa shape index (κ1) is 19.9. The molecule has 13 heavy (non-hydrogen) atoms. The predicted octanol–water partition coefficient (Wildman–Crippen LogP) is -0.136. The zero-order valence-electron chi connectivity index (χ0n) is 5.19. The van der Waals surface area contributed by atoms with Gasteiger partial charge in [0, 0.05) is 0 Å². The maximum atomic E-state index is 9.62. The van der Waals surface area contributed by atoms with E-state index in [1.807, 2.05) is 0 Å². The van der Waals surface area contributed by atoms with Crippen molar-refractivity contribution in [3.05, 3.63) is 0 Å². The SMILES string of the molecule is O=C(O)C(Cl)(Cl)Cl.O=P(O)(O)O.[NaH]. The normalized spacial score (nSPS) is 10.6. The second kappa shape index (κ2) is 7.70. The Hall–Kier alpha value is 1.45. The van der Waals surface area contributed by atoms with Crippen LogP contribution in [0.4, 0.5) is 0 Å². The predicted molar refractivity (Wildman–Crippen MR) is 49.3 cm³/mol. The van der Waals surface area contributed by atoms with Crippen LogP contribution in [0.3, 0.4) is 0 Å². The molecule has 0 aromatic heterocycles. The van der Waals surface area contributed by atoms with Crippen molar-refractivity contribution in [2.75, 3.05) is 0 Å². The number of rotatable bonds is 0. The van der Waals surface area contributed by atoms with Crippen LogP contribution >= 0.6 is 42.6 Å². The number of alkyl halides is 3. The van der Waals surface area contributed by atoms with Crippen LogP contribution in [0.5, 0.6) is 0 Å². The average Bonchev–Trinajstić information content (AvgIpc) is 1.55. The molecule has 0 heterocycles. The van der Waals surface area contributed by atoms with Crippen LogP contribution < -0.4 is 0 Å². The summed E-state index contributed by atoms with van der Waals surface area (Å²) in [5, 5.41) is 7.85. The zero-order valence-corrected chi connectivity index (χ0v) is 8.35. The fraction of sp³-hybridized carbons (Fsp3) is 0.500. The molecule has 0 bridgehead atoms. The molecule has 0 aliphatic carbocycles. The van der Waals surface area contributed by atoms with Crippen LogP contribution in [0.1, 0.15) is 0 Å². The molecule has 0 saturated heterocycles. The molecular formula is C2H5Cl3NaO6P. The second-order valence-corrected chi connectivity index (χ2v) is 4.62. The van der Waals surface area contributed by atoms with Gasteiger partial charge >= 0.3 is 43.3 Å². The van der Waals surface area contributed by atoms with Crippen molar-refractivity contribution in [2.24, 2.45) is 0 Å². The summed E-state index contributed by atoms with van der Waals surface area (Å²) in [7, 11) is -4.64. The molecular weight excluding hydrogens is 280 g/mol. The third-order valence-corrected chi connectivity index (χ3v) is 0.728. The van der Waals surface area contributed by atoms with Gasteiger partial charge in [0.05, 0.1) is 0 Å². The van der Waals surface area contributed by atoms with Crippen molar-refractivity contribution in [3.63, 3.8) is 0 Å². The zero-order chi connectivity index (χ0) is 10.6. The van der Waals surface area contributed by atoms with Crippen LogP contribution in [0.25, 0.3) is 0 Å². The standard InChI is InChI=1S/C2HCl3O2.Na.H3O4P.H/c3-2(4,5)1(6)7;;1-5(2,3)4;/h(H,6,7);;(H3,1,2,3,4);. The number of carboxylic acids is 1. The number of phosphoric acid groups is 1. The van der Waals surface area contributed by atoms with Crippen molar-refractivity contribution in [1.29, 1.82) is 0 Å². The first-order valence-electron chi connectivity index (χ1n) is 2.03. The van der Waals surface area contributed by atoms with Gasteiger partial charge < -0.3 is 19.8 Å². The molecule has 0 aliphatic heterocycles. The van der Waals surface area contributed by atoms with E-state index in [-0.39, 0.29) is 29.6 Å². The van der Waals surface area contributed by atoms with Gasteiger partial charge in [-0.1, -0.05) is 34.8 Å². The number of aliphatic carboxylic acids is 1. The van der Waals surface area contributed by atoms with Gasteiger partial charge in [-0.25, -0.2) is 9.36 Å². The van der Waals surface area contributed by atoms with Crippen molar-refractivity contribution >= 4 is 78.2 Å². The molecule has 0 rings (SSSR count). The third kappa shape index (κ3) is 31.8. The van der Waals surface area contributed by atoms with Gasteiger partial charge in [0.15, 0.2) is 0 Å². The third-order valence-electron chi connectivity index (χ3n) is 0.243. The number of carbonyl (C=O) groups is 1. The summed E-state index contributed by atoms with van der Waals surface area (Å²) in [6, 6.07) is 0. The van der Waals surface area contributed by atoms with E-state index in [4.69, 9.17) is 59.2 Å². The summed E-state index contributed by atoms with van der Waals surface area (Å²) in [5.74, 6) is -1.46. The van der Waals surface area contributed by atoms with E-state index in [9.17, 15) is 4.79 Å². The Morgan fingerprint density at radius 1 is 1.15 bits per heavy atom. The fourth-order valence-electron chi connectivity index (χ4n) is 0. The number of hydrogen-bond acceptors (Lipinski definition) is 2. The van der Waals surface area contributed by atoms with Gasteiger partial charge in [0.2, 0.25) is 0 Å². The molecule has 0 radical (unpaired) electrons. The molecule has 0 amide bonds. The number of carboxylic acid groups (broad SMARTS) is 1. The molecule has 76 valence electrons. The molecule has 0 aliphatic rings. The second-order valence-electron chi connectivity index (χ2n) is 1.32. The molecule has 4 N–H and O–H groups in total. The summed E-state index contributed by atoms with van der Waals surface area (Å²) in [4.78, 5) is 31.2. The summed E-state index contributed by atoms with van der Waals surface area (Å²) >= 11 is 14.4. The Morgan fingerprint density at radius 2 is 1.23 bits per heavy atom. The van der Waals surface area contributed by atoms with Crippen LogP contribution in [-0.2, 0) is 9.36 Å². The first-order chi connectivity index (χ1) is 4.94. The minimum absolute atomic E-state index is 0. The van der Waals surface area contributed by atoms with Gasteiger partial charge in [0.1, 0.15) is 0 Å². The Morgan fingerprint density at radius 3 is 1.23 bits per heavy atom. The van der Waals surface area contributed by atoms with E-state index >= 15 is 0 Å². The van der Waals surface area contributed by atoms with E-state index in [2.05, 4.69) is 0 Å². The van der Waals surface area contributed by atoms with E-state index in [1.165, 1.54) is 0 Å². The van der Waals surface area contributed by atoms with E-state index in [0.29, 0.717) is 0 Å². The van der Waals surface area contributed by atoms with E-state index in [0.717, 1.165) is 0 Å². The van der Waals surface area contributed by atoms with Crippen LogP contribution in [0.15, 0.2) is 0 Å². The topological polar surface area (TPSA) is 115 Å². The van der Waals surface area contributed by atoms with Crippen molar-refractivity contribution in [1.82, 2.24) is 0 Å². The molecule has 0 aromatic rings. The number of hydrogen-bond donors (Lipinski definition) is 4. The van der Waals surface area contributed by atoms with Crippen LogP contribution in [0, 0.1) is 0 Å². The number of halogens is 3. The summed E-state index contributed by atoms with van der Waals surface area (Å²) in [6.07, 6.45) is 0. The summed E-state index contributed by atoms with van der Waals surface area (Å²) in [5.41, 5.74) is 0. The molecule has 0 aromatic carbocycles. The minimum atomic E-state index is -4.64. The monoisotopic (exact) mass is 284 g/mol. The fourth-order valence-corrected chi connectivity index (χ4v) is 0. The molecule has 6 nitrogen and oxygen atoms in total. The Kier molecular flexibility index (Phi) is 11.8. The molecule has 0 fully saturated rings. The molecule has 0 saturated carbocycles. The van der Waals surface area contributed by atoms with Gasteiger partial charge in [-0.15, -0.1) is 0 Å². The average molecular weight is 285 g/mol. The molecule has 11 heteroatoms.